The number of hydrogen-bond donors (Lipinski definition) is 2. The van der Waals surface area contributed by atoms with Crippen molar-refractivity contribution in [2.45, 2.75) is 26.5 Å². The molecule has 0 bridgehead atoms. The molecule has 2 rings (SSSR count). The molecule has 5 heteroatoms. The Balaban J connectivity index is 2.61. The second-order valence-corrected chi connectivity index (χ2v) is 4.06. The molecule has 0 amide bonds. The van der Waals surface area contributed by atoms with Gasteiger partial charge in [0.15, 0.2) is 0 Å². The van der Waals surface area contributed by atoms with Crippen LogP contribution in [0.25, 0.3) is 11.0 Å². The van der Waals surface area contributed by atoms with Gasteiger partial charge >= 0.3 is 5.69 Å². The Morgan fingerprint density at radius 1 is 1.50 bits per heavy atom. The van der Waals surface area contributed by atoms with E-state index in [1.165, 1.54) is 0 Å². The van der Waals surface area contributed by atoms with Crippen molar-refractivity contribution in [2.24, 2.45) is 5.90 Å². The van der Waals surface area contributed by atoms with Crippen molar-refractivity contribution in [3.8, 4) is 0 Å². The van der Waals surface area contributed by atoms with Crippen molar-refractivity contribution in [1.82, 2.24) is 9.55 Å². The van der Waals surface area contributed by atoms with Crippen molar-refractivity contribution in [1.29, 1.82) is 0 Å². The number of nitrogens with zero attached hydrogens (tertiary/aromatic N) is 1. The third-order valence-corrected chi connectivity index (χ3v) is 2.55. The molecular weight excluding hydrogens is 206 g/mol. The van der Waals surface area contributed by atoms with E-state index in [4.69, 9.17) is 5.90 Å². The second kappa shape index (κ2) is 4.11. The van der Waals surface area contributed by atoms with Crippen LogP contribution in [0.3, 0.4) is 0 Å². The number of benzene rings is 1. The van der Waals surface area contributed by atoms with Crippen LogP contribution in [0.4, 0.5) is 0 Å². The van der Waals surface area contributed by atoms with Gasteiger partial charge in [0, 0.05) is 6.04 Å². The lowest BCUT2D eigenvalue weighted by molar-refractivity contribution is 0.124. The normalized spacial score (nSPS) is 11.5. The topological polar surface area (TPSA) is 73.0 Å². The monoisotopic (exact) mass is 221 g/mol. The molecule has 1 heterocycles. The third kappa shape index (κ3) is 1.75. The lowest BCUT2D eigenvalue weighted by Gasteiger charge is -2.06. The number of nitrogens with two attached hydrogens (primary N) is 1. The van der Waals surface area contributed by atoms with Crippen molar-refractivity contribution in [2.75, 3.05) is 0 Å². The summed E-state index contributed by atoms with van der Waals surface area (Å²) in [5.41, 5.74) is 2.57. The molecule has 1 aromatic heterocycles. The van der Waals surface area contributed by atoms with Crippen molar-refractivity contribution in [3.05, 3.63) is 34.2 Å². The molecule has 0 radical (unpaired) electrons. The van der Waals surface area contributed by atoms with E-state index in [1.807, 2.05) is 32.0 Å². The maximum Gasteiger partial charge on any atom is 0.326 e. The Labute approximate surface area is 92.8 Å². The van der Waals surface area contributed by atoms with Crippen LogP contribution in [0.2, 0.25) is 0 Å². The van der Waals surface area contributed by atoms with E-state index < -0.39 is 0 Å². The summed E-state index contributed by atoms with van der Waals surface area (Å²) < 4.78 is 1.72. The molecule has 2 aromatic rings. The van der Waals surface area contributed by atoms with Gasteiger partial charge in [-0.15, -0.1) is 0 Å². The van der Waals surface area contributed by atoms with Crippen LogP contribution in [0.15, 0.2) is 23.0 Å². The summed E-state index contributed by atoms with van der Waals surface area (Å²) in [6, 6.07) is 5.82. The molecule has 0 fully saturated rings. The number of nitrogens with one attached hydrogen (secondary N) is 1. The summed E-state index contributed by atoms with van der Waals surface area (Å²) in [6.07, 6.45) is 0. The van der Waals surface area contributed by atoms with Crippen LogP contribution in [0, 0.1) is 0 Å². The van der Waals surface area contributed by atoms with Gasteiger partial charge in [-0.05, 0) is 31.5 Å². The number of imidazole rings is 1. The van der Waals surface area contributed by atoms with Gasteiger partial charge in [0.1, 0.15) is 0 Å². The third-order valence-electron chi connectivity index (χ3n) is 2.55. The largest absolute Gasteiger partial charge is 0.326 e. The fourth-order valence-electron chi connectivity index (χ4n) is 1.88. The smallest absolute Gasteiger partial charge is 0.306 e. The summed E-state index contributed by atoms with van der Waals surface area (Å²) in [7, 11) is 0. The first-order valence-corrected chi connectivity index (χ1v) is 5.18. The van der Waals surface area contributed by atoms with Crippen LogP contribution in [0.1, 0.15) is 25.5 Å². The van der Waals surface area contributed by atoms with E-state index in [2.05, 4.69) is 9.82 Å². The summed E-state index contributed by atoms with van der Waals surface area (Å²) in [6.45, 7) is 4.29. The Morgan fingerprint density at radius 2 is 2.25 bits per heavy atom. The fourth-order valence-corrected chi connectivity index (χ4v) is 1.88. The first-order valence-electron chi connectivity index (χ1n) is 5.18. The summed E-state index contributed by atoms with van der Waals surface area (Å²) in [5, 5.41) is 0. The molecule has 16 heavy (non-hydrogen) atoms. The van der Waals surface area contributed by atoms with Crippen LogP contribution in [-0.4, -0.2) is 9.55 Å². The zero-order chi connectivity index (χ0) is 11.7. The number of hydrogen-bond acceptors (Lipinski definition) is 3. The zero-order valence-electron chi connectivity index (χ0n) is 9.36. The Morgan fingerprint density at radius 3 is 2.88 bits per heavy atom. The van der Waals surface area contributed by atoms with E-state index in [-0.39, 0.29) is 11.7 Å². The predicted molar refractivity (Wildman–Crippen MR) is 61.9 cm³/mol. The highest BCUT2D eigenvalue weighted by atomic mass is 16.6. The lowest BCUT2D eigenvalue weighted by Crippen LogP contribution is -2.18. The molecule has 0 aliphatic rings. The number of rotatable bonds is 3. The first-order chi connectivity index (χ1) is 7.63. The predicted octanol–water partition coefficient (Wildman–Crippen LogP) is 1.30. The number of aromatic nitrogens is 2. The summed E-state index contributed by atoms with van der Waals surface area (Å²) in [5.74, 6) is 5.01. The van der Waals surface area contributed by atoms with Crippen molar-refractivity contribution < 1.29 is 4.84 Å². The van der Waals surface area contributed by atoms with Crippen molar-refractivity contribution >= 4 is 11.0 Å². The quantitative estimate of drug-likeness (QED) is 0.767. The first kappa shape index (κ1) is 10.9. The van der Waals surface area contributed by atoms with Gasteiger partial charge in [0.25, 0.3) is 0 Å². The molecule has 0 aliphatic heterocycles. The molecule has 0 saturated carbocycles. The molecular formula is C11H15N3O2. The standard InChI is InChI=1S/C11H15N3O2/c1-7(2)14-10-4-3-8(6-16-12)5-9(10)13-11(14)15/h3-5,7H,6,12H2,1-2H3,(H,13,15). The van der Waals surface area contributed by atoms with E-state index in [9.17, 15) is 4.79 Å². The molecule has 0 unspecified atom stereocenters. The number of fused-ring (bicyclic) bond motifs is 1. The molecule has 0 spiro atoms. The highest BCUT2D eigenvalue weighted by Crippen LogP contribution is 2.16. The van der Waals surface area contributed by atoms with Gasteiger partial charge in [0.2, 0.25) is 0 Å². The number of aromatic amines is 1. The average Bonchev–Trinajstić information content (AvgIpc) is 2.53. The highest BCUT2D eigenvalue weighted by molar-refractivity contribution is 5.76. The SMILES string of the molecule is CC(C)n1c(=O)[nH]c2cc(CON)ccc21. The van der Waals surface area contributed by atoms with E-state index in [1.54, 1.807) is 4.57 Å². The van der Waals surface area contributed by atoms with Crippen LogP contribution in [0.5, 0.6) is 0 Å². The Bertz CT molecular complexity index is 554. The van der Waals surface area contributed by atoms with Gasteiger partial charge in [-0.2, -0.15) is 0 Å². The Hall–Kier alpha value is -1.59. The molecule has 5 nitrogen and oxygen atoms in total. The minimum atomic E-state index is -0.0872. The van der Waals surface area contributed by atoms with Gasteiger partial charge in [0.05, 0.1) is 17.6 Å². The minimum absolute atomic E-state index is 0.0872. The Kier molecular flexibility index (Phi) is 2.80. The maximum absolute atomic E-state index is 11.7. The molecule has 0 atom stereocenters. The molecule has 3 N–H and O–H groups in total. The van der Waals surface area contributed by atoms with Crippen molar-refractivity contribution in [3.63, 3.8) is 0 Å². The highest BCUT2D eigenvalue weighted by Gasteiger charge is 2.09. The minimum Gasteiger partial charge on any atom is -0.306 e. The average molecular weight is 221 g/mol. The fraction of sp³-hybridized carbons (Fsp3) is 0.364. The van der Waals surface area contributed by atoms with Crippen LogP contribution >= 0.6 is 0 Å². The number of H-pyrrole nitrogens is 1. The lowest BCUT2D eigenvalue weighted by atomic mass is 10.2. The maximum atomic E-state index is 11.7. The zero-order valence-corrected chi connectivity index (χ0v) is 9.36. The summed E-state index contributed by atoms with van der Waals surface area (Å²) in [4.78, 5) is 19.1. The van der Waals surface area contributed by atoms with E-state index >= 15 is 0 Å². The second-order valence-electron chi connectivity index (χ2n) is 4.06. The van der Waals surface area contributed by atoms with Gasteiger partial charge in [-0.3, -0.25) is 9.40 Å². The summed E-state index contributed by atoms with van der Waals surface area (Å²) >= 11 is 0. The van der Waals surface area contributed by atoms with Gasteiger partial charge in [-0.1, -0.05) is 6.07 Å². The molecule has 0 saturated heterocycles. The van der Waals surface area contributed by atoms with E-state index in [0.717, 1.165) is 16.6 Å². The van der Waals surface area contributed by atoms with E-state index in [0.29, 0.717) is 6.61 Å². The van der Waals surface area contributed by atoms with Crippen LogP contribution in [-0.2, 0) is 11.4 Å². The molecule has 1 aromatic carbocycles. The molecule has 86 valence electrons. The van der Waals surface area contributed by atoms with Gasteiger partial charge in [-0.25, -0.2) is 10.7 Å². The van der Waals surface area contributed by atoms with Gasteiger partial charge < -0.3 is 4.98 Å². The van der Waals surface area contributed by atoms with Crippen LogP contribution < -0.4 is 11.6 Å². The molecule has 0 aliphatic carbocycles.